The Hall–Kier alpha value is -1.81. The summed E-state index contributed by atoms with van der Waals surface area (Å²) in [6.07, 6.45) is 3.53. The van der Waals surface area contributed by atoms with Gasteiger partial charge in [0, 0.05) is 32.0 Å². The predicted molar refractivity (Wildman–Crippen MR) is 77.3 cm³/mol. The summed E-state index contributed by atoms with van der Waals surface area (Å²) in [6.45, 7) is 6.73. The Balaban J connectivity index is 2.33. The maximum absolute atomic E-state index is 11.8. The first-order valence-corrected chi connectivity index (χ1v) is 6.45. The van der Waals surface area contributed by atoms with Crippen LogP contribution < -0.4 is 11.4 Å². The molecule has 0 saturated carbocycles. The summed E-state index contributed by atoms with van der Waals surface area (Å²) >= 11 is 0. The number of hydrogen-bond donors (Lipinski definition) is 1. The maximum atomic E-state index is 11.8. The number of aryl methyl sites for hydroxylation is 4. The van der Waals surface area contributed by atoms with Crippen LogP contribution in [-0.4, -0.2) is 9.13 Å². The van der Waals surface area contributed by atoms with Gasteiger partial charge in [-0.25, -0.2) is 4.79 Å². The van der Waals surface area contributed by atoms with E-state index in [4.69, 9.17) is 5.73 Å². The molecule has 1 aromatic heterocycles. The summed E-state index contributed by atoms with van der Waals surface area (Å²) < 4.78 is 3.21. The van der Waals surface area contributed by atoms with Crippen LogP contribution in [0.2, 0.25) is 0 Å². The Morgan fingerprint density at radius 2 is 1.74 bits per heavy atom. The van der Waals surface area contributed by atoms with E-state index in [1.54, 1.807) is 28.6 Å². The Bertz CT molecular complexity index is 629. The number of nitrogens with zero attached hydrogens (tertiary/aromatic N) is 2. The molecule has 2 aromatic rings. The molecule has 0 fully saturated rings. The van der Waals surface area contributed by atoms with E-state index in [2.05, 4.69) is 32.9 Å². The topological polar surface area (TPSA) is 52.9 Å². The van der Waals surface area contributed by atoms with Crippen molar-refractivity contribution >= 4 is 0 Å². The van der Waals surface area contributed by atoms with Crippen molar-refractivity contribution in [1.82, 2.24) is 9.13 Å². The fourth-order valence-corrected chi connectivity index (χ4v) is 2.73. The molecule has 1 atom stereocenters. The van der Waals surface area contributed by atoms with Gasteiger partial charge in [0.15, 0.2) is 0 Å². The smallest absolute Gasteiger partial charge is 0.322 e. The molecule has 1 unspecified atom stereocenters. The highest BCUT2D eigenvalue weighted by Gasteiger charge is 2.14. The van der Waals surface area contributed by atoms with E-state index in [0.717, 1.165) is 5.56 Å². The van der Waals surface area contributed by atoms with Gasteiger partial charge in [-0.15, -0.1) is 0 Å². The summed E-state index contributed by atoms with van der Waals surface area (Å²) in [6, 6.07) is 4.10. The second-order valence-corrected chi connectivity index (χ2v) is 5.26. The van der Waals surface area contributed by atoms with E-state index < -0.39 is 0 Å². The van der Waals surface area contributed by atoms with Crippen molar-refractivity contribution in [2.75, 3.05) is 0 Å². The number of benzene rings is 1. The average molecular weight is 259 g/mol. The highest BCUT2D eigenvalue weighted by molar-refractivity contribution is 5.39. The zero-order valence-corrected chi connectivity index (χ0v) is 12.0. The van der Waals surface area contributed by atoms with Crippen molar-refractivity contribution in [2.45, 2.75) is 33.4 Å². The lowest BCUT2D eigenvalue weighted by Crippen LogP contribution is -2.28. The summed E-state index contributed by atoms with van der Waals surface area (Å²) in [5, 5.41) is 0. The highest BCUT2D eigenvalue weighted by Crippen LogP contribution is 2.22. The number of nitrogens with two attached hydrogens (primary N) is 1. The molecule has 102 valence electrons. The van der Waals surface area contributed by atoms with Crippen molar-refractivity contribution in [3.05, 3.63) is 57.3 Å². The van der Waals surface area contributed by atoms with Crippen LogP contribution in [0.4, 0.5) is 0 Å². The van der Waals surface area contributed by atoms with Crippen molar-refractivity contribution in [2.24, 2.45) is 12.8 Å². The Labute approximate surface area is 113 Å². The molecule has 0 aliphatic carbocycles. The van der Waals surface area contributed by atoms with Gasteiger partial charge in [-0.1, -0.05) is 17.7 Å². The molecule has 1 heterocycles. The SMILES string of the molecule is Cc1cc(C)c(C(N)Cn2ccn(C)c2=O)c(C)c1. The normalized spacial score (nSPS) is 12.7. The molecular formula is C15H21N3O. The van der Waals surface area contributed by atoms with E-state index >= 15 is 0 Å². The number of imidazole rings is 1. The first-order chi connectivity index (χ1) is 8.90. The first kappa shape index (κ1) is 13.6. The summed E-state index contributed by atoms with van der Waals surface area (Å²) in [5.41, 5.74) is 11.0. The molecule has 0 saturated heterocycles. The van der Waals surface area contributed by atoms with Gasteiger partial charge >= 0.3 is 5.69 Å². The Kier molecular flexibility index (Phi) is 3.62. The molecule has 1 aromatic carbocycles. The Morgan fingerprint density at radius 1 is 1.16 bits per heavy atom. The summed E-state index contributed by atoms with van der Waals surface area (Å²) in [5.74, 6) is 0. The fourth-order valence-electron chi connectivity index (χ4n) is 2.73. The van der Waals surface area contributed by atoms with Crippen LogP contribution in [0.1, 0.15) is 28.3 Å². The molecule has 0 radical (unpaired) electrons. The van der Waals surface area contributed by atoms with Crippen molar-refractivity contribution in [3.63, 3.8) is 0 Å². The molecule has 0 aliphatic rings. The number of aromatic nitrogens is 2. The van der Waals surface area contributed by atoms with Crippen LogP contribution in [0.5, 0.6) is 0 Å². The standard InChI is InChI=1S/C15H21N3O/c1-10-7-11(2)14(12(3)8-10)13(16)9-18-6-5-17(4)15(18)19/h5-8,13H,9,16H2,1-4H3. The third-order valence-electron chi connectivity index (χ3n) is 3.52. The third kappa shape index (κ3) is 2.63. The molecule has 0 spiro atoms. The average Bonchev–Trinajstić information content (AvgIpc) is 2.59. The predicted octanol–water partition coefficient (Wildman–Crippen LogP) is 1.81. The molecule has 4 heteroatoms. The largest absolute Gasteiger partial charge is 0.327 e. The molecule has 4 nitrogen and oxygen atoms in total. The zero-order chi connectivity index (χ0) is 14.2. The van der Waals surface area contributed by atoms with Gasteiger partial charge in [0.2, 0.25) is 0 Å². The van der Waals surface area contributed by atoms with E-state index in [1.807, 2.05) is 0 Å². The summed E-state index contributed by atoms with van der Waals surface area (Å²) in [4.78, 5) is 11.8. The maximum Gasteiger partial charge on any atom is 0.327 e. The minimum absolute atomic E-state index is 0.0298. The molecule has 2 N–H and O–H groups in total. The lowest BCUT2D eigenvalue weighted by molar-refractivity contribution is 0.550. The Morgan fingerprint density at radius 3 is 2.21 bits per heavy atom. The van der Waals surface area contributed by atoms with Crippen LogP contribution in [0.25, 0.3) is 0 Å². The minimum Gasteiger partial charge on any atom is -0.322 e. The highest BCUT2D eigenvalue weighted by atomic mass is 16.1. The zero-order valence-electron chi connectivity index (χ0n) is 12.0. The third-order valence-corrected chi connectivity index (χ3v) is 3.52. The first-order valence-electron chi connectivity index (χ1n) is 6.45. The van der Waals surface area contributed by atoms with Crippen molar-refractivity contribution < 1.29 is 0 Å². The minimum atomic E-state index is -0.166. The van der Waals surface area contributed by atoms with Crippen molar-refractivity contribution in [1.29, 1.82) is 0 Å². The van der Waals surface area contributed by atoms with Gasteiger partial charge in [-0.3, -0.25) is 4.57 Å². The van der Waals surface area contributed by atoms with Crippen LogP contribution in [0.3, 0.4) is 0 Å². The van der Waals surface area contributed by atoms with Crippen molar-refractivity contribution in [3.8, 4) is 0 Å². The van der Waals surface area contributed by atoms with E-state index in [-0.39, 0.29) is 11.7 Å². The quantitative estimate of drug-likeness (QED) is 0.914. The van der Waals surface area contributed by atoms with E-state index in [1.165, 1.54) is 16.7 Å². The van der Waals surface area contributed by atoms with Crippen LogP contribution in [-0.2, 0) is 13.6 Å². The van der Waals surface area contributed by atoms with Gasteiger partial charge < -0.3 is 10.3 Å². The molecule has 2 rings (SSSR count). The van der Waals surface area contributed by atoms with Gasteiger partial charge in [-0.2, -0.15) is 0 Å². The van der Waals surface area contributed by atoms with E-state index in [9.17, 15) is 4.79 Å². The van der Waals surface area contributed by atoms with Crippen LogP contribution >= 0.6 is 0 Å². The molecule has 0 aliphatic heterocycles. The van der Waals surface area contributed by atoms with E-state index in [0.29, 0.717) is 6.54 Å². The number of hydrogen-bond acceptors (Lipinski definition) is 2. The lowest BCUT2D eigenvalue weighted by atomic mass is 9.94. The van der Waals surface area contributed by atoms with Gasteiger partial charge in [-0.05, 0) is 37.5 Å². The van der Waals surface area contributed by atoms with Gasteiger partial charge in [0.1, 0.15) is 0 Å². The second-order valence-electron chi connectivity index (χ2n) is 5.26. The second kappa shape index (κ2) is 5.05. The summed E-state index contributed by atoms with van der Waals surface area (Å²) in [7, 11) is 1.74. The monoisotopic (exact) mass is 259 g/mol. The van der Waals surface area contributed by atoms with Crippen LogP contribution in [0.15, 0.2) is 29.3 Å². The van der Waals surface area contributed by atoms with Gasteiger partial charge in [0.25, 0.3) is 0 Å². The molecule has 0 bridgehead atoms. The molecule has 0 amide bonds. The van der Waals surface area contributed by atoms with Gasteiger partial charge in [0.05, 0.1) is 0 Å². The van der Waals surface area contributed by atoms with Crippen LogP contribution in [0, 0.1) is 20.8 Å². The molecular weight excluding hydrogens is 238 g/mol. The molecule has 19 heavy (non-hydrogen) atoms. The fraction of sp³-hybridized carbons (Fsp3) is 0.400. The lowest BCUT2D eigenvalue weighted by Gasteiger charge is -2.18. The number of rotatable bonds is 3.